The van der Waals surface area contributed by atoms with Gasteiger partial charge >= 0.3 is 12.4 Å². The van der Waals surface area contributed by atoms with Crippen LogP contribution < -0.4 is 5.32 Å². The van der Waals surface area contributed by atoms with Gasteiger partial charge in [-0.15, -0.1) is 0 Å². The Morgan fingerprint density at radius 3 is 2.19 bits per heavy atom. The topological polar surface area (TPSA) is 64.9 Å². The summed E-state index contributed by atoms with van der Waals surface area (Å²) in [5, 5.41) is 2.89. The van der Waals surface area contributed by atoms with E-state index in [9.17, 15) is 30.7 Å². The summed E-state index contributed by atoms with van der Waals surface area (Å²) in [6, 6.07) is 1.62. The first kappa shape index (κ1) is 22.0. The Labute approximate surface area is 176 Å². The largest absolute Gasteiger partial charge is 0.418 e. The van der Waals surface area contributed by atoms with Crippen molar-refractivity contribution in [1.29, 1.82) is 0 Å². The standard InChI is InChI=1S/C19H14F7N5O/c20-11-3-1-10(2-4-11)14-15(13-5-6-27-17(30-13)29-12-7-32-8-12)31(9-28-14)16(18(21,22)23)19(24,25)26/h1-6,9,12,16H,7-8H2,(H,27,29,30). The van der Waals surface area contributed by atoms with E-state index in [2.05, 4.69) is 20.3 Å². The lowest BCUT2D eigenvalue weighted by atomic mass is 10.1. The van der Waals surface area contributed by atoms with Crippen LogP contribution in [0.1, 0.15) is 6.04 Å². The van der Waals surface area contributed by atoms with Gasteiger partial charge in [0.1, 0.15) is 5.82 Å². The van der Waals surface area contributed by atoms with Gasteiger partial charge in [-0.25, -0.2) is 19.3 Å². The van der Waals surface area contributed by atoms with Gasteiger partial charge in [0.15, 0.2) is 0 Å². The fourth-order valence-corrected chi connectivity index (χ4v) is 3.19. The van der Waals surface area contributed by atoms with E-state index in [0.717, 1.165) is 12.1 Å². The zero-order chi connectivity index (χ0) is 23.1. The molecule has 2 aromatic heterocycles. The minimum atomic E-state index is -5.66. The summed E-state index contributed by atoms with van der Waals surface area (Å²) in [5.74, 6) is -0.626. The summed E-state index contributed by atoms with van der Waals surface area (Å²) in [7, 11) is 0. The molecule has 3 heterocycles. The Balaban J connectivity index is 1.89. The molecule has 32 heavy (non-hydrogen) atoms. The number of hydrogen-bond acceptors (Lipinski definition) is 5. The Morgan fingerprint density at radius 2 is 1.62 bits per heavy atom. The molecule has 0 radical (unpaired) electrons. The van der Waals surface area contributed by atoms with E-state index in [4.69, 9.17) is 4.74 Å². The smallest absolute Gasteiger partial charge is 0.377 e. The minimum Gasteiger partial charge on any atom is -0.377 e. The molecule has 0 amide bonds. The molecule has 6 nitrogen and oxygen atoms in total. The van der Waals surface area contributed by atoms with Gasteiger partial charge < -0.3 is 14.6 Å². The number of ether oxygens (including phenoxy) is 1. The van der Waals surface area contributed by atoms with Crippen molar-refractivity contribution in [3.8, 4) is 22.6 Å². The number of hydrogen-bond donors (Lipinski definition) is 1. The highest BCUT2D eigenvalue weighted by atomic mass is 19.4. The van der Waals surface area contributed by atoms with E-state index in [1.54, 1.807) is 0 Å². The van der Waals surface area contributed by atoms with Gasteiger partial charge in [-0.3, -0.25) is 0 Å². The van der Waals surface area contributed by atoms with Crippen molar-refractivity contribution in [3.63, 3.8) is 0 Å². The maximum absolute atomic E-state index is 13.5. The Bertz CT molecular complexity index is 1080. The molecule has 0 saturated carbocycles. The van der Waals surface area contributed by atoms with Gasteiger partial charge in [-0.2, -0.15) is 26.3 Å². The molecule has 13 heteroatoms. The molecule has 1 aliphatic heterocycles. The van der Waals surface area contributed by atoms with Crippen molar-refractivity contribution >= 4 is 5.95 Å². The molecule has 1 N–H and O–H groups in total. The average Bonchev–Trinajstić information content (AvgIpc) is 3.07. The first-order valence-corrected chi connectivity index (χ1v) is 9.18. The van der Waals surface area contributed by atoms with Gasteiger partial charge in [0.2, 0.25) is 12.0 Å². The molecular weight excluding hydrogens is 447 g/mol. The third kappa shape index (κ3) is 4.38. The third-order valence-corrected chi connectivity index (χ3v) is 4.68. The highest BCUT2D eigenvalue weighted by Crippen LogP contribution is 2.46. The number of halogens is 7. The number of rotatable bonds is 5. The molecule has 0 aliphatic carbocycles. The number of aromatic nitrogens is 4. The maximum atomic E-state index is 13.5. The SMILES string of the molecule is Fc1ccc(-c2ncn(C(C(F)(F)F)C(F)(F)F)c2-c2ccnc(NC3COC3)n2)cc1. The quantitative estimate of drug-likeness (QED) is 0.562. The van der Waals surface area contributed by atoms with Gasteiger partial charge in [-0.1, -0.05) is 0 Å². The van der Waals surface area contributed by atoms with Crippen LogP contribution in [0.5, 0.6) is 0 Å². The average molecular weight is 461 g/mol. The molecular formula is C19H14F7N5O. The molecule has 0 unspecified atom stereocenters. The van der Waals surface area contributed by atoms with Crippen LogP contribution in [0.4, 0.5) is 36.7 Å². The first-order chi connectivity index (χ1) is 15.0. The summed E-state index contributed by atoms with van der Waals surface area (Å²) < 4.78 is 99.3. The van der Waals surface area contributed by atoms with E-state index in [0.29, 0.717) is 19.5 Å². The second-order valence-corrected chi connectivity index (χ2v) is 6.99. The molecule has 1 aliphatic rings. The number of benzene rings is 1. The van der Waals surface area contributed by atoms with Crippen LogP contribution in [0.3, 0.4) is 0 Å². The van der Waals surface area contributed by atoms with Gasteiger partial charge in [-0.05, 0) is 30.3 Å². The van der Waals surface area contributed by atoms with Crippen LogP contribution in [0.2, 0.25) is 0 Å². The Hall–Kier alpha value is -3.22. The molecule has 0 atom stereocenters. The number of imidazole rings is 1. The molecule has 1 fully saturated rings. The lowest BCUT2D eigenvalue weighted by molar-refractivity contribution is -0.273. The summed E-state index contributed by atoms with van der Waals surface area (Å²) >= 11 is 0. The molecule has 1 aromatic carbocycles. The highest BCUT2D eigenvalue weighted by molar-refractivity contribution is 5.77. The molecule has 4 rings (SSSR count). The van der Waals surface area contributed by atoms with Crippen LogP contribution in [0.15, 0.2) is 42.9 Å². The zero-order valence-electron chi connectivity index (χ0n) is 16.0. The van der Waals surface area contributed by atoms with Crippen LogP contribution in [-0.4, -0.2) is 51.1 Å². The monoisotopic (exact) mass is 461 g/mol. The Kier molecular flexibility index (Phi) is 5.53. The minimum absolute atomic E-state index is 0.00386. The molecule has 0 bridgehead atoms. The number of alkyl halides is 6. The van der Waals surface area contributed by atoms with Crippen molar-refractivity contribution in [1.82, 2.24) is 19.5 Å². The van der Waals surface area contributed by atoms with Crippen molar-refractivity contribution in [2.24, 2.45) is 0 Å². The van der Waals surface area contributed by atoms with E-state index in [-0.39, 0.29) is 33.5 Å². The number of nitrogens with one attached hydrogen (secondary N) is 1. The Morgan fingerprint density at radius 1 is 0.969 bits per heavy atom. The number of nitrogens with zero attached hydrogens (tertiary/aromatic N) is 4. The van der Waals surface area contributed by atoms with E-state index < -0.39 is 29.9 Å². The van der Waals surface area contributed by atoms with Crippen LogP contribution in [-0.2, 0) is 4.74 Å². The second kappa shape index (κ2) is 8.04. The van der Waals surface area contributed by atoms with Gasteiger partial charge in [0.25, 0.3) is 0 Å². The van der Waals surface area contributed by atoms with Crippen LogP contribution in [0, 0.1) is 5.82 Å². The third-order valence-electron chi connectivity index (χ3n) is 4.68. The summed E-state index contributed by atoms with van der Waals surface area (Å²) in [4.78, 5) is 11.9. The predicted octanol–water partition coefficient (Wildman–Crippen LogP) is 4.62. The molecule has 1 saturated heterocycles. The van der Waals surface area contributed by atoms with Crippen molar-refractivity contribution in [2.75, 3.05) is 18.5 Å². The molecule has 3 aromatic rings. The van der Waals surface area contributed by atoms with Gasteiger partial charge in [0.05, 0.1) is 42.7 Å². The normalized spacial score (nSPS) is 15.1. The van der Waals surface area contributed by atoms with Crippen LogP contribution >= 0.6 is 0 Å². The van der Waals surface area contributed by atoms with Crippen molar-refractivity contribution < 1.29 is 35.5 Å². The maximum Gasteiger partial charge on any atom is 0.418 e. The van der Waals surface area contributed by atoms with E-state index in [1.807, 2.05) is 0 Å². The lowest BCUT2D eigenvalue weighted by Crippen LogP contribution is -2.40. The number of anilines is 1. The summed E-state index contributed by atoms with van der Waals surface area (Å²) in [5.41, 5.74) is -0.867. The molecule has 170 valence electrons. The predicted molar refractivity (Wildman–Crippen MR) is 98.0 cm³/mol. The lowest BCUT2D eigenvalue weighted by Gasteiger charge is -2.27. The second-order valence-electron chi connectivity index (χ2n) is 6.99. The van der Waals surface area contributed by atoms with E-state index >= 15 is 0 Å². The zero-order valence-corrected chi connectivity index (χ0v) is 16.0. The van der Waals surface area contributed by atoms with Crippen molar-refractivity contribution in [3.05, 3.63) is 48.7 Å². The van der Waals surface area contributed by atoms with E-state index in [1.165, 1.54) is 24.4 Å². The van der Waals surface area contributed by atoms with Crippen molar-refractivity contribution in [2.45, 2.75) is 24.4 Å². The summed E-state index contributed by atoms with van der Waals surface area (Å²) in [6.07, 6.45) is -9.67. The summed E-state index contributed by atoms with van der Waals surface area (Å²) in [6.45, 7) is 0.715. The fourth-order valence-electron chi connectivity index (χ4n) is 3.19. The highest BCUT2D eigenvalue weighted by Gasteiger charge is 2.58. The van der Waals surface area contributed by atoms with Gasteiger partial charge in [0, 0.05) is 11.8 Å². The first-order valence-electron chi connectivity index (χ1n) is 9.18. The fraction of sp³-hybridized carbons (Fsp3) is 0.316. The van der Waals surface area contributed by atoms with Crippen LogP contribution in [0.25, 0.3) is 22.6 Å². The molecule has 0 spiro atoms.